The SMILES string of the molecule is CN1CC[C@@]2(c3ccccc3)CCN(Cc3ccoc3)C[C@H]12. The van der Waals surface area contributed by atoms with Crippen LogP contribution in [0.15, 0.2) is 53.3 Å². The molecular formula is C19H24N2O. The Labute approximate surface area is 132 Å². The van der Waals surface area contributed by atoms with Crippen LogP contribution in [0, 0.1) is 0 Å². The highest BCUT2D eigenvalue weighted by molar-refractivity contribution is 5.31. The Morgan fingerprint density at radius 2 is 1.95 bits per heavy atom. The average molecular weight is 296 g/mol. The van der Waals surface area contributed by atoms with Crippen molar-refractivity contribution >= 4 is 0 Å². The molecule has 22 heavy (non-hydrogen) atoms. The number of nitrogens with zero attached hydrogens (tertiary/aromatic N) is 2. The van der Waals surface area contributed by atoms with E-state index in [1.54, 1.807) is 6.26 Å². The van der Waals surface area contributed by atoms with E-state index in [1.165, 1.54) is 37.1 Å². The van der Waals surface area contributed by atoms with E-state index in [0.717, 1.165) is 13.1 Å². The maximum Gasteiger partial charge on any atom is 0.0947 e. The molecule has 0 saturated carbocycles. The van der Waals surface area contributed by atoms with Crippen molar-refractivity contribution in [2.75, 3.05) is 26.7 Å². The van der Waals surface area contributed by atoms with Gasteiger partial charge in [0.25, 0.3) is 0 Å². The van der Waals surface area contributed by atoms with E-state index in [1.807, 2.05) is 6.26 Å². The third kappa shape index (κ3) is 2.29. The molecule has 0 aliphatic carbocycles. The number of benzene rings is 1. The van der Waals surface area contributed by atoms with Gasteiger partial charge in [0, 0.05) is 30.1 Å². The molecule has 2 aliphatic rings. The number of hydrogen-bond donors (Lipinski definition) is 0. The third-order valence-corrected chi connectivity index (χ3v) is 5.72. The molecule has 3 nitrogen and oxygen atoms in total. The smallest absolute Gasteiger partial charge is 0.0947 e. The second-order valence-corrected chi connectivity index (χ2v) is 6.89. The first-order chi connectivity index (χ1) is 10.8. The first kappa shape index (κ1) is 14.0. The molecule has 116 valence electrons. The lowest BCUT2D eigenvalue weighted by Crippen LogP contribution is -2.54. The van der Waals surface area contributed by atoms with E-state index in [0.29, 0.717) is 11.5 Å². The van der Waals surface area contributed by atoms with Crippen LogP contribution in [-0.2, 0) is 12.0 Å². The second kappa shape index (κ2) is 5.56. The number of likely N-dealkylation sites (N-methyl/N-ethyl adjacent to an activating group) is 1. The normalized spacial score (nSPS) is 29.6. The summed E-state index contributed by atoms with van der Waals surface area (Å²) in [6.45, 7) is 4.53. The van der Waals surface area contributed by atoms with Crippen LogP contribution in [0.5, 0.6) is 0 Å². The van der Waals surface area contributed by atoms with Crippen molar-refractivity contribution in [1.29, 1.82) is 0 Å². The summed E-state index contributed by atoms with van der Waals surface area (Å²) < 4.78 is 5.22. The molecule has 0 amide bonds. The van der Waals surface area contributed by atoms with Gasteiger partial charge in [-0.3, -0.25) is 4.90 Å². The van der Waals surface area contributed by atoms with Crippen molar-refractivity contribution in [2.24, 2.45) is 0 Å². The number of piperidine rings is 1. The highest BCUT2D eigenvalue weighted by Crippen LogP contribution is 2.45. The van der Waals surface area contributed by atoms with Crippen LogP contribution in [-0.4, -0.2) is 42.5 Å². The number of hydrogen-bond acceptors (Lipinski definition) is 3. The highest BCUT2D eigenvalue weighted by Gasteiger charge is 2.49. The van der Waals surface area contributed by atoms with Crippen molar-refractivity contribution in [3.63, 3.8) is 0 Å². The van der Waals surface area contributed by atoms with Crippen molar-refractivity contribution in [1.82, 2.24) is 9.80 Å². The zero-order valence-electron chi connectivity index (χ0n) is 13.2. The van der Waals surface area contributed by atoms with Crippen LogP contribution in [0.3, 0.4) is 0 Å². The Bertz CT molecular complexity index is 610. The standard InChI is InChI=1S/C19H24N2O/c1-20-10-8-19(17-5-3-2-4-6-17)9-11-21(14-18(19)20)13-16-7-12-22-15-16/h2-7,12,15,18H,8-11,13-14H2,1H3/t18-,19-/m0/s1. The van der Waals surface area contributed by atoms with Crippen molar-refractivity contribution in [3.8, 4) is 0 Å². The Kier molecular flexibility index (Phi) is 3.55. The van der Waals surface area contributed by atoms with Crippen LogP contribution in [0.4, 0.5) is 0 Å². The molecule has 0 radical (unpaired) electrons. The zero-order valence-corrected chi connectivity index (χ0v) is 13.2. The van der Waals surface area contributed by atoms with Gasteiger partial charge >= 0.3 is 0 Å². The monoisotopic (exact) mass is 296 g/mol. The van der Waals surface area contributed by atoms with Gasteiger partial charge in [-0.1, -0.05) is 30.3 Å². The van der Waals surface area contributed by atoms with Crippen molar-refractivity contribution in [3.05, 3.63) is 60.1 Å². The Morgan fingerprint density at radius 1 is 1.14 bits per heavy atom. The topological polar surface area (TPSA) is 19.6 Å². The lowest BCUT2D eigenvalue weighted by Gasteiger charge is -2.46. The molecule has 0 spiro atoms. The molecule has 2 fully saturated rings. The van der Waals surface area contributed by atoms with E-state index in [-0.39, 0.29) is 0 Å². The lowest BCUT2D eigenvalue weighted by atomic mass is 9.69. The molecule has 2 aromatic rings. The summed E-state index contributed by atoms with van der Waals surface area (Å²) in [5.74, 6) is 0. The molecule has 2 atom stereocenters. The first-order valence-corrected chi connectivity index (χ1v) is 8.27. The maximum atomic E-state index is 5.22. The summed E-state index contributed by atoms with van der Waals surface area (Å²) in [6, 6.07) is 13.9. The molecule has 2 saturated heterocycles. The van der Waals surface area contributed by atoms with E-state index < -0.39 is 0 Å². The number of likely N-dealkylation sites (tertiary alicyclic amines) is 2. The van der Waals surface area contributed by atoms with Gasteiger partial charge in [0.15, 0.2) is 0 Å². The van der Waals surface area contributed by atoms with Crippen molar-refractivity contribution in [2.45, 2.75) is 30.8 Å². The Morgan fingerprint density at radius 3 is 2.73 bits per heavy atom. The molecule has 4 rings (SSSR count). The second-order valence-electron chi connectivity index (χ2n) is 6.89. The fourth-order valence-corrected chi connectivity index (χ4v) is 4.45. The van der Waals surface area contributed by atoms with Gasteiger partial charge in [-0.15, -0.1) is 0 Å². The predicted octanol–water partition coefficient (Wildman–Crippen LogP) is 3.13. The van der Waals surface area contributed by atoms with Gasteiger partial charge in [0.2, 0.25) is 0 Å². The van der Waals surface area contributed by atoms with Gasteiger partial charge in [-0.25, -0.2) is 0 Å². The van der Waals surface area contributed by atoms with E-state index in [2.05, 4.69) is 53.2 Å². The Balaban J connectivity index is 1.57. The van der Waals surface area contributed by atoms with Crippen LogP contribution in [0.25, 0.3) is 0 Å². The molecule has 3 heterocycles. The molecule has 0 bridgehead atoms. The van der Waals surface area contributed by atoms with Gasteiger partial charge in [-0.2, -0.15) is 0 Å². The summed E-state index contributed by atoms with van der Waals surface area (Å²) in [5, 5.41) is 0. The molecule has 3 heteroatoms. The molecular weight excluding hydrogens is 272 g/mol. The number of rotatable bonds is 3. The Hall–Kier alpha value is -1.58. The fourth-order valence-electron chi connectivity index (χ4n) is 4.45. The molecule has 1 aromatic heterocycles. The van der Waals surface area contributed by atoms with E-state index >= 15 is 0 Å². The highest BCUT2D eigenvalue weighted by atomic mass is 16.3. The average Bonchev–Trinajstić information content (AvgIpc) is 3.18. The van der Waals surface area contributed by atoms with Crippen molar-refractivity contribution < 1.29 is 4.42 Å². The molecule has 0 N–H and O–H groups in total. The molecule has 1 aromatic carbocycles. The molecule has 2 aliphatic heterocycles. The minimum Gasteiger partial charge on any atom is -0.472 e. The minimum atomic E-state index is 0.350. The lowest BCUT2D eigenvalue weighted by molar-refractivity contribution is 0.0916. The van der Waals surface area contributed by atoms with Gasteiger partial charge in [0.1, 0.15) is 0 Å². The fraction of sp³-hybridized carbons (Fsp3) is 0.474. The summed E-state index contributed by atoms with van der Waals surface area (Å²) >= 11 is 0. The summed E-state index contributed by atoms with van der Waals surface area (Å²) in [5.41, 5.74) is 3.17. The van der Waals surface area contributed by atoms with Crippen LogP contribution >= 0.6 is 0 Å². The van der Waals surface area contributed by atoms with Gasteiger partial charge in [0.05, 0.1) is 12.5 Å². The van der Waals surface area contributed by atoms with Gasteiger partial charge < -0.3 is 9.32 Å². The maximum absolute atomic E-state index is 5.22. The van der Waals surface area contributed by atoms with Crippen LogP contribution in [0.1, 0.15) is 24.0 Å². The zero-order chi connectivity index (χ0) is 15.0. The summed E-state index contributed by atoms with van der Waals surface area (Å²) in [7, 11) is 2.29. The van der Waals surface area contributed by atoms with E-state index in [4.69, 9.17) is 4.42 Å². The van der Waals surface area contributed by atoms with Crippen LogP contribution in [0.2, 0.25) is 0 Å². The quantitative estimate of drug-likeness (QED) is 0.867. The number of furan rings is 1. The largest absolute Gasteiger partial charge is 0.472 e. The molecule has 0 unspecified atom stereocenters. The first-order valence-electron chi connectivity index (χ1n) is 8.27. The minimum absolute atomic E-state index is 0.350. The van der Waals surface area contributed by atoms with Crippen LogP contribution < -0.4 is 0 Å². The third-order valence-electron chi connectivity index (χ3n) is 5.72. The van der Waals surface area contributed by atoms with E-state index in [9.17, 15) is 0 Å². The summed E-state index contributed by atoms with van der Waals surface area (Å²) in [6.07, 6.45) is 6.19. The van der Waals surface area contributed by atoms with Gasteiger partial charge in [-0.05, 0) is 44.6 Å². The predicted molar refractivity (Wildman–Crippen MR) is 87.8 cm³/mol. The summed E-state index contributed by atoms with van der Waals surface area (Å²) in [4.78, 5) is 5.15. The number of fused-ring (bicyclic) bond motifs is 1.